The van der Waals surface area contributed by atoms with Gasteiger partial charge in [0.05, 0.1) is 17.6 Å². The third-order valence-electron chi connectivity index (χ3n) is 2.04. The first-order chi connectivity index (χ1) is 6.46. The first kappa shape index (κ1) is 11.9. The van der Waals surface area contributed by atoms with E-state index < -0.39 is 26.1 Å². The molecule has 1 fully saturated rings. The SMILES string of the molecule is CCCOS(=O)(=O)CC1CC1[SH](=O)=O. The molecule has 1 aliphatic rings. The van der Waals surface area contributed by atoms with Crippen molar-refractivity contribution in [2.24, 2.45) is 5.92 Å². The summed E-state index contributed by atoms with van der Waals surface area (Å²) >= 11 is 0. The summed E-state index contributed by atoms with van der Waals surface area (Å²) in [4.78, 5) is 0. The Morgan fingerprint density at radius 2 is 2.07 bits per heavy atom. The van der Waals surface area contributed by atoms with Crippen LogP contribution in [-0.4, -0.2) is 34.4 Å². The van der Waals surface area contributed by atoms with E-state index in [0.717, 1.165) is 0 Å². The second kappa shape index (κ2) is 4.59. The minimum atomic E-state index is -3.51. The number of hydrogen-bond acceptors (Lipinski definition) is 5. The van der Waals surface area contributed by atoms with Crippen LogP contribution in [0.5, 0.6) is 0 Å². The highest BCUT2D eigenvalue weighted by molar-refractivity contribution is 7.86. The van der Waals surface area contributed by atoms with Gasteiger partial charge in [-0.05, 0) is 18.8 Å². The van der Waals surface area contributed by atoms with Crippen LogP contribution in [0, 0.1) is 5.92 Å². The van der Waals surface area contributed by atoms with Crippen LogP contribution in [0.2, 0.25) is 0 Å². The van der Waals surface area contributed by atoms with E-state index in [1.165, 1.54) is 0 Å². The normalized spacial score (nSPS) is 26.7. The minimum Gasteiger partial charge on any atom is -0.270 e. The van der Waals surface area contributed by atoms with Crippen molar-refractivity contribution in [3.8, 4) is 0 Å². The fourth-order valence-corrected chi connectivity index (χ4v) is 3.63. The van der Waals surface area contributed by atoms with Crippen molar-refractivity contribution in [3.63, 3.8) is 0 Å². The molecule has 84 valence electrons. The molecular formula is C7H14O5S2. The third kappa shape index (κ3) is 3.55. The summed E-state index contributed by atoms with van der Waals surface area (Å²) in [6, 6.07) is 0. The standard InChI is InChI=1S/C7H14O5S2/c1-2-3-12-14(10,11)5-6-4-7(6)13(8)9/h6-7,13H,2-5H2,1H3. The molecule has 0 N–H and O–H groups in total. The van der Waals surface area contributed by atoms with E-state index in [0.29, 0.717) is 12.8 Å². The molecule has 0 spiro atoms. The molecule has 0 aromatic rings. The maximum atomic E-state index is 11.2. The predicted octanol–water partition coefficient (Wildman–Crippen LogP) is -0.257. The lowest BCUT2D eigenvalue weighted by Crippen LogP contribution is -2.14. The second-order valence-corrected chi connectivity index (χ2v) is 6.31. The topological polar surface area (TPSA) is 77.5 Å². The zero-order valence-electron chi connectivity index (χ0n) is 7.88. The van der Waals surface area contributed by atoms with Crippen LogP contribution in [0.25, 0.3) is 0 Å². The second-order valence-electron chi connectivity index (χ2n) is 3.39. The van der Waals surface area contributed by atoms with Crippen molar-refractivity contribution in [2.75, 3.05) is 12.4 Å². The quantitative estimate of drug-likeness (QED) is 0.513. The van der Waals surface area contributed by atoms with Gasteiger partial charge < -0.3 is 0 Å². The summed E-state index contributed by atoms with van der Waals surface area (Å²) in [6.45, 7) is 1.98. The van der Waals surface area contributed by atoms with Gasteiger partial charge in [0.25, 0.3) is 10.1 Å². The van der Waals surface area contributed by atoms with Crippen molar-refractivity contribution in [2.45, 2.75) is 25.0 Å². The smallest absolute Gasteiger partial charge is 0.267 e. The monoisotopic (exact) mass is 242 g/mol. The number of thiol groups is 1. The summed E-state index contributed by atoms with van der Waals surface area (Å²) in [5, 5.41) is -0.454. The highest BCUT2D eigenvalue weighted by Gasteiger charge is 2.43. The van der Waals surface area contributed by atoms with Crippen LogP contribution < -0.4 is 0 Å². The molecule has 5 nitrogen and oxygen atoms in total. The van der Waals surface area contributed by atoms with E-state index in [1.807, 2.05) is 6.92 Å². The summed E-state index contributed by atoms with van der Waals surface area (Å²) in [5.41, 5.74) is 0. The Hall–Kier alpha value is -0.140. The number of hydrogen-bond donors (Lipinski definition) is 1. The maximum Gasteiger partial charge on any atom is 0.267 e. The van der Waals surface area contributed by atoms with Crippen molar-refractivity contribution in [1.29, 1.82) is 0 Å². The van der Waals surface area contributed by atoms with Gasteiger partial charge in [-0.25, -0.2) is 8.42 Å². The van der Waals surface area contributed by atoms with Crippen LogP contribution in [0.1, 0.15) is 19.8 Å². The molecule has 0 heterocycles. The van der Waals surface area contributed by atoms with Crippen LogP contribution in [0.15, 0.2) is 0 Å². The van der Waals surface area contributed by atoms with Gasteiger partial charge in [-0.1, -0.05) is 6.92 Å². The molecule has 2 unspecified atom stereocenters. The Kier molecular flexibility index (Phi) is 3.91. The van der Waals surface area contributed by atoms with E-state index in [2.05, 4.69) is 4.18 Å². The Balaban J connectivity index is 2.38. The molecule has 1 saturated carbocycles. The molecule has 1 aliphatic carbocycles. The zero-order valence-corrected chi connectivity index (χ0v) is 9.59. The van der Waals surface area contributed by atoms with Gasteiger partial charge in [-0.15, -0.1) is 0 Å². The Labute approximate surface area is 85.5 Å². The Bertz CT molecular complexity index is 348. The molecule has 1 rings (SSSR count). The molecule has 2 atom stereocenters. The summed E-state index contributed by atoms with van der Waals surface area (Å²) in [5.74, 6) is -0.418. The van der Waals surface area contributed by atoms with Gasteiger partial charge in [0, 0.05) is 0 Å². The van der Waals surface area contributed by atoms with Crippen molar-refractivity contribution >= 4 is 20.8 Å². The minimum absolute atomic E-state index is 0.166. The van der Waals surface area contributed by atoms with Crippen molar-refractivity contribution in [3.05, 3.63) is 0 Å². The molecule has 0 aromatic heterocycles. The van der Waals surface area contributed by atoms with Crippen molar-refractivity contribution < 1.29 is 21.0 Å². The summed E-state index contributed by atoms with van der Waals surface area (Å²) < 4.78 is 48.0. The maximum absolute atomic E-state index is 11.2. The molecule has 14 heavy (non-hydrogen) atoms. The van der Waals surface area contributed by atoms with Gasteiger partial charge in [0.2, 0.25) is 0 Å². The molecule has 0 amide bonds. The highest BCUT2D eigenvalue weighted by atomic mass is 32.2. The molecular weight excluding hydrogens is 228 g/mol. The van der Waals surface area contributed by atoms with Crippen LogP contribution in [0.4, 0.5) is 0 Å². The van der Waals surface area contributed by atoms with E-state index in [9.17, 15) is 16.8 Å². The molecule has 7 heteroatoms. The van der Waals surface area contributed by atoms with Gasteiger partial charge in [-0.2, -0.15) is 8.42 Å². The van der Waals surface area contributed by atoms with E-state index in [1.54, 1.807) is 0 Å². The molecule has 0 aliphatic heterocycles. The largest absolute Gasteiger partial charge is 0.270 e. The zero-order chi connectivity index (χ0) is 10.8. The fraction of sp³-hybridized carbons (Fsp3) is 1.00. The van der Waals surface area contributed by atoms with Gasteiger partial charge in [0.1, 0.15) is 10.7 Å². The lowest BCUT2D eigenvalue weighted by molar-refractivity contribution is 0.317. The first-order valence-corrected chi connectivity index (χ1v) is 7.29. The first-order valence-electron chi connectivity index (χ1n) is 4.47. The Morgan fingerprint density at radius 1 is 1.43 bits per heavy atom. The number of rotatable bonds is 6. The van der Waals surface area contributed by atoms with E-state index in [-0.39, 0.29) is 18.3 Å². The van der Waals surface area contributed by atoms with Crippen LogP contribution in [0.3, 0.4) is 0 Å². The lowest BCUT2D eigenvalue weighted by Gasteiger charge is -2.02. The summed E-state index contributed by atoms with van der Waals surface area (Å²) in [7, 11) is -5.99. The van der Waals surface area contributed by atoms with Crippen molar-refractivity contribution in [1.82, 2.24) is 0 Å². The molecule has 0 saturated heterocycles. The molecule has 0 bridgehead atoms. The van der Waals surface area contributed by atoms with Gasteiger partial charge in [0.15, 0.2) is 0 Å². The van der Waals surface area contributed by atoms with E-state index in [4.69, 9.17) is 0 Å². The summed E-state index contributed by atoms with van der Waals surface area (Å²) in [6.07, 6.45) is 1.08. The lowest BCUT2D eigenvalue weighted by atomic mass is 10.5. The van der Waals surface area contributed by atoms with Gasteiger partial charge in [-0.3, -0.25) is 4.18 Å². The average molecular weight is 242 g/mol. The van der Waals surface area contributed by atoms with E-state index >= 15 is 0 Å². The highest BCUT2D eigenvalue weighted by Crippen LogP contribution is 2.34. The van der Waals surface area contributed by atoms with Crippen LogP contribution in [-0.2, 0) is 25.0 Å². The average Bonchev–Trinajstić information content (AvgIpc) is 2.79. The molecule has 0 aromatic carbocycles. The molecule has 0 radical (unpaired) electrons. The van der Waals surface area contributed by atoms with Crippen LogP contribution >= 0.6 is 0 Å². The fourth-order valence-electron chi connectivity index (χ4n) is 1.19. The third-order valence-corrected chi connectivity index (χ3v) is 4.58. The Morgan fingerprint density at radius 3 is 2.50 bits per heavy atom. The van der Waals surface area contributed by atoms with Gasteiger partial charge >= 0.3 is 0 Å². The predicted molar refractivity (Wildman–Crippen MR) is 52.2 cm³/mol.